The summed E-state index contributed by atoms with van der Waals surface area (Å²) < 4.78 is 0. The highest BCUT2D eigenvalue weighted by atomic mass is 16.2. The fraction of sp³-hybridized carbons (Fsp3) is 0.400. The van der Waals surface area contributed by atoms with Crippen LogP contribution in [0.25, 0.3) is 10.9 Å². The van der Waals surface area contributed by atoms with Gasteiger partial charge in [0.2, 0.25) is 0 Å². The number of primary amides is 1. The van der Waals surface area contributed by atoms with Crippen molar-refractivity contribution in [2.75, 3.05) is 18.0 Å². The molecule has 2 heterocycles. The van der Waals surface area contributed by atoms with Crippen molar-refractivity contribution >= 4 is 22.8 Å². The Bertz CT molecular complexity index is 664. The molecule has 1 aliphatic heterocycles. The molecule has 3 rings (SSSR count). The van der Waals surface area contributed by atoms with Crippen molar-refractivity contribution in [1.82, 2.24) is 15.3 Å². The van der Waals surface area contributed by atoms with E-state index in [4.69, 9.17) is 5.73 Å². The van der Waals surface area contributed by atoms with Crippen molar-refractivity contribution in [2.24, 2.45) is 5.73 Å². The number of carbonyl (C=O) groups is 1. The molecule has 1 aromatic heterocycles. The molecule has 0 unspecified atom stereocenters. The van der Waals surface area contributed by atoms with Gasteiger partial charge in [-0.1, -0.05) is 11.6 Å². The van der Waals surface area contributed by atoms with Gasteiger partial charge < -0.3 is 16.0 Å². The summed E-state index contributed by atoms with van der Waals surface area (Å²) in [5, 5.41) is 3.86. The highest BCUT2D eigenvalue weighted by molar-refractivity contribution is 5.89. The summed E-state index contributed by atoms with van der Waals surface area (Å²) in [5.41, 5.74) is 7.33. The molecule has 0 atom stereocenters. The van der Waals surface area contributed by atoms with Gasteiger partial charge in [0.05, 0.1) is 5.52 Å². The average molecular weight is 285 g/mol. The monoisotopic (exact) mass is 285 g/mol. The zero-order valence-electron chi connectivity index (χ0n) is 12.0. The highest BCUT2D eigenvalue weighted by Crippen LogP contribution is 2.26. The second-order valence-corrected chi connectivity index (χ2v) is 5.49. The maximum absolute atomic E-state index is 10.9. The van der Waals surface area contributed by atoms with Crippen molar-refractivity contribution in [3.63, 3.8) is 0 Å². The van der Waals surface area contributed by atoms with Gasteiger partial charge in [0.25, 0.3) is 0 Å². The zero-order chi connectivity index (χ0) is 14.8. The quantitative estimate of drug-likeness (QED) is 0.877. The van der Waals surface area contributed by atoms with E-state index in [1.54, 1.807) is 6.33 Å². The van der Waals surface area contributed by atoms with Crippen LogP contribution in [0, 0.1) is 6.92 Å². The summed E-state index contributed by atoms with van der Waals surface area (Å²) in [6.45, 7) is 3.77. The van der Waals surface area contributed by atoms with Gasteiger partial charge in [-0.2, -0.15) is 0 Å². The zero-order valence-corrected chi connectivity index (χ0v) is 12.0. The third kappa shape index (κ3) is 2.89. The summed E-state index contributed by atoms with van der Waals surface area (Å²) in [6.07, 6.45) is 3.36. The molecule has 0 spiro atoms. The number of amides is 2. The third-order valence-corrected chi connectivity index (χ3v) is 3.91. The Balaban J connectivity index is 1.82. The number of carbonyl (C=O) groups excluding carboxylic acids is 1. The summed E-state index contributed by atoms with van der Waals surface area (Å²) in [7, 11) is 0. The highest BCUT2D eigenvalue weighted by Gasteiger charge is 2.22. The van der Waals surface area contributed by atoms with E-state index in [2.05, 4.69) is 39.2 Å². The molecule has 3 N–H and O–H groups in total. The molecule has 21 heavy (non-hydrogen) atoms. The van der Waals surface area contributed by atoms with Crippen LogP contribution in [0.3, 0.4) is 0 Å². The number of nitrogens with zero attached hydrogens (tertiary/aromatic N) is 3. The van der Waals surface area contributed by atoms with Crippen molar-refractivity contribution in [3.05, 3.63) is 30.1 Å². The number of aryl methyl sites for hydroxylation is 1. The number of rotatable bonds is 2. The standard InChI is InChI=1S/C15H19N5O/c1-10-2-3-13-12(8-10)14(18-9-17-13)20-6-4-11(5-7-20)19-15(16)21/h2-3,8-9,11H,4-7H2,1H3,(H3,16,19,21). The first kappa shape index (κ1) is 13.6. The Kier molecular flexibility index (Phi) is 3.60. The third-order valence-electron chi connectivity index (χ3n) is 3.91. The number of hydrogen-bond acceptors (Lipinski definition) is 4. The van der Waals surface area contributed by atoms with Crippen molar-refractivity contribution in [3.8, 4) is 0 Å². The lowest BCUT2D eigenvalue weighted by atomic mass is 10.0. The Morgan fingerprint density at radius 2 is 2.10 bits per heavy atom. The van der Waals surface area contributed by atoms with Crippen LogP contribution in [0.2, 0.25) is 0 Å². The summed E-state index contributed by atoms with van der Waals surface area (Å²) in [6, 6.07) is 5.92. The number of piperidine rings is 1. The SMILES string of the molecule is Cc1ccc2ncnc(N3CCC(NC(N)=O)CC3)c2c1. The molecule has 2 aromatic rings. The predicted octanol–water partition coefficient (Wildman–Crippen LogP) is 1.58. The molecule has 1 fully saturated rings. The molecule has 0 bridgehead atoms. The normalized spacial score (nSPS) is 16.1. The Morgan fingerprint density at radius 3 is 2.81 bits per heavy atom. The Morgan fingerprint density at radius 1 is 1.33 bits per heavy atom. The number of benzene rings is 1. The fourth-order valence-electron chi connectivity index (χ4n) is 2.85. The minimum absolute atomic E-state index is 0.161. The summed E-state index contributed by atoms with van der Waals surface area (Å²) >= 11 is 0. The minimum Gasteiger partial charge on any atom is -0.356 e. The summed E-state index contributed by atoms with van der Waals surface area (Å²) in [4.78, 5) is 21.9. The number of aromatic nitrogens is 2. The lowest BCUT2D eigenvalue weighted by Crippen LogP contribution is -2.46. The maximum atomic E-state index is 10.9. The lowest BCUT2D eigenvalue weighted by Gasteiger charge is -2.33. The lowest BCUT2D eigenvalue weighted by molar-refractivity contribution is 0.242. The van der Waals surface area contributed by atoms with Gasteiger partial charge in [-0.25, -0.2) is 14.8 Å². The molecule has 1 aromatic carbocycles. The maximum Gasteiger partial charge on any atom is 0.312 e. The second kappa shape index (κ2) is 5.55. The molecule has 110 valence electrons. The fourth-order valence-corrected chi connectivity index (χ4v) is 2.85. The van der Waals surface area contributed by atoms with E-state index < -0.39 is 6.03 Å². The number of nitrogens with two attached hydrogens (primary N) is 1. The van der Waals surface area contributed by atoms with Crippen LogP contribution in [0.15, 0.2) is 24.5 Å². The van der Waals surface area contributed by atoms with Crippen LogP contribution in [0.4, 0.5) is 10.6 Å². The van der Waals surface area contributed by atoms with Crippen molar-refractivity contribution < 1.29 is 4.79 Å². The molecule has 6 nitrogen and oxygen atoms in total. The Hall–Kier alpha value is -2.37. The van der Waals surface area contributed by atoms with E-state index in [1.165, 1.54) is 5.56 Å². The second-order valence-electron chi connectivity index (χ2n) is 5.49. The first-order valence-corrected chi connectivity index (χ1v) is 7.16. The van der Waals surface area contributed by atoms with E-state index in [0.29, 0.717) is 0 Å². The number of urea groups is 1. The molecule has 0 radical (unpaired) electrons. The van der Waals surface area contributed by atoms with Crippen LogP contribution in [-0.2, 0) is 0 Å². The summed E-state index contributed by atoms with van der Waals surface area (Å²) in [5.74, 6) is 0.973. The van der Waals surface area contributed by atoms with Crippen molar-refractivity contribution in [1.29, 1.82) is 0 Å². The van der Waals surface area contributed by atoms with Gasteiger partial charge in [-0.15, -0.1) is 0 Å². The minimum atomic E-state index is -0.448. The van der Waals surface area contributed by atoms with Gasteiger partial charge in [0.1, 0.15) is 12.1 Å². The first-order valence-electron chi connectivity index (χ1n) is 7.16. The number of fused-ring (bicyclic) bond motifs is 1. The molecular weight excluding hydrogens is 266 g/mol. The van der Waals surface area contributed by atoms with Crippen LogP contribution in [-0.4, -0.2) is 35.1 Å². The average Bonchev–Trinajstić information content (AvgIpc) is 2.47. The number of anilines is 1. The predicted molar refractivity (Wildman–Crippen MR) is 82.2 cm³/mol. The van der Waals surface area contributed by atoms with Gasteiger partial charge in [0.15, 0.2) is 0 Å². The first-order chi connectivity index (χ1) is 10.1. The van der Waals surface area contributed by atoms with Gasteiger partial charge in [-0.3, -0.25) is 0 Å². The molecule has 1 saturated heterocycles. The van der Waals surface area contributed by atoms with Gasteiger partial charge in [0, 0.05) is 24.5 Å². The molecule has 6 heteroatoms. The molecule has 2 amide bonds. The molecule has 1 aliphatic rings. The topological polar surface area (TPSA) is 84.1 Å². The number of hydrogen-bond donors (Lipinski definition) is 2. The molecule has 0 aliphatic carbocycles. The Labute approximate surface area is 123 Å². The van der Waals surface area contributed by atoms with E-state index in [0.717, 1.165) is 42.7 Å². The van der Waals surface area contributed by atoms with Crippen LogP contribution in [0.5, 0.6) is 0 Å². The van der Waals surface area contributed by atoms with Crippen molar-refractivity contribution in [2.45, 2.75) is 25.8 Å². The van der Waals surface area contributed by atoms with Gasteiger partial charge in [-0.05, 0) is 31.9 Å². The van der Waals surface area contributed by atoms with Crippen LogP contribution < -0.4 is 16.0 Å². The molecular formula is C15H19N5O. The van der Waals surface area contributed by atoms with E-state index >= 15 is 0 Å². The van der Waals surface area contributed by atoms with E-state index in [1.807, 2.05) is 6.07 Å². The smallest absolute Gasteiger partial charge is 0.312 e. The van der Waals surface area contributed by atoms with Crippen LogP contribution in [0.1, 0.15) is 18.4 Å². The largest absolute Gasteiger partial charge is 0.356 e. The van der Waals surface area contributed by atoms with E-state index in [9.17, 15) is 4.79 Å². The van der Waals surface area contributed by atoms with Crippen LogP contribution >= 0.6 is 0 Å². The molecule has 0 saturated carbocycles. The van der Waals surface area contributed by atoms with E-state index in [-0.39, 0.29) is 6.04 Å². The number of nitrogens with one attached hydrogen (secondary N) is 1. The van der Waals surface area contributed by atoms with Gasteiger partial charge >= 0.3 is 6.03 Å².